The first-order valence-electron chi connectivity index (χ1n) is 12.9. The molecule has 4 rings (SSSR count). The van der Waals surface area contributed by atoms with Crippen LogP contribution in [0.25, 0.3) is 6.08 Å². The van der Waals surface area contributed by atoms with Crippen molar-refractivity contribution in [1.29, 1.82) is 0 Å². The summed E-state index contributed by atoms with van der Waals surface area (Å²) in [4.78, 5) is 50.3. The summed E-state index contributed by atoms with van der Waals surface area (Å²) in [7, 11) is 0. The van der Waals surface area contributed by atoms with Gasteiger partial charge in [-0.3, -0.25) is 25.0 Å². The van der Waals surface area contributed by atoms with Gasteiger partial charge in [0.15, 0.2) is 11.5 Å². The molecular weight excluding hydrogens is 526 g/mol. The molecule has 0 bridgehead atoms. The standard InChI is InChI=1S/C31H29N3O7/c1-5-7-23-15-22(17-27(40-6-2)28(23)41-18-21-8-10-24(11-9-21)34(38)39)16-26-29(35)32-31(37)33(30(26)36)25-13-19(3)12-20(4)14-25/h5,8-17H,1,6-7,18H2,2-4H3,(H,32,35,37)/b26-16+. The molecule has 41 heavy (non-hydrogen) atoms. The number of barbiturate groups is 1. The highest BCUT2D eigenvalue weighted by molar-refractivity contribution is 6.39. The second-order valence-corrected chi connectivity index (χ2v) is 9.45. The lowest BCUT2D eigenvalue weighted by Crippen LogP contribution is -2.54. The minimum atomic E-state index is -0.820. The van der Waals surface area contributed by atoms with Crippen LogP contribution < -0.4 is 19.7 Å². The Kier molecular flexibility index (Phi) is 8.62. The lowest BCUT2D eigenvalue weighted by atomic mass is 10.0. The number of nitro groups is 1. The molecule has 0 aromatic heterocycles. The normalized spacial score (nSPS) is 14.2. The predicted molar refractivity (Wildman–Crippen MR) is 154 cm³/mol. The number of nitrogens with one attached hydrogen (secondary N) is 1. The largest absolute Gasteiger partial charge is 0.490 e. The average molecular weight is 556 g/mol. The summed E-state index contributed by atoms with van der Waals surface area (Å²) in [6, 6.07) is 13.9. The third kappa shape index (κ3) is 6.50. The third-order valence-electron chi connectivity index (χ3n) is 6.23. The number of urea groups is 1. The zero-order valence-electron chi connectivity index (χ0n) is 22.9. The molecule has 1 aliphatic heterocycles. The average Bonchev–Trinajstić information content (AvgIpc) is 2.90. The van der Waals surface area contributed by atoms with E-state index in [1.165, 1.54) is 18.2 Å². The SMILES string of the molecule is C=CCc1cc(/C=C2\C(=O)NC(=O)N(c3cc(C)cc(C)c3)C2=O)cc(OCC)c1OCc1ccc([N+](=O)[O-])cc1. The van der Waals surface area contributed by atoms with Crippen molar-refractivity contribution in [3.8, 4) is 11.5 Å². The van der Waals surface area contributed by atoms with E-state index >= 15 is 0 Å². The van der Waals surface area contributed by atoms with Gasteiger partial charge in [-0.2, -0.15) is 0 Å². The molecule has 1 aliphatic rings. The first kappa shape index (κ1) is 28.8. The van der Waals surface area contributed by atoms with Crippen LogP contribution in [0.2, 0.25) is 0 Å². The van der Waals surface area contributed by atoms with E-state index in [-0.39, 0.29) is 17.9 Å². The topological polar surface area (TPSA) is 128 Å². The molecule has 0 radical (unpaired) electrons. The Labute approximate surface area is 237 Å². The lowest BCUT2D eigenvalue weighted by molar-refractivity contribution is -0.384. The summed E-state index contributed by atoms with van der Waals surface area (Å²) < 4.78 is 11.9. The second kappa shape index (κ2) is 12.3. The van der Waals surface area contributed by atoms with Crippen molar-refractivity contribution >= 4 is 35.3 Å². The molecule has 0 saturated carbocycles. The number of nitro benzene ring substituents is 1. The van der Waals surface area contributed by atoms with Gasteiger partial charge in [0.05, 0.1) is 17.2 Å². The summed E-state index contributed by atoms with van der Waals surface area (Å²) in [5.74, 6) is -0.724. The minimum Gasteiger partial charge on any atom is -0.490 e. The van der Waals surface area contributed by atoms with Gasteiger partial charge in [0.2, 0.25) is 0 Å². The quantitative estimate of drug-likeness (QED) is 0.114. The Morgan fingerprint density at radius 3 is 2.29 bits per heavy atom. The number of aryl methyl sites for hydroxylation is 2. The van der Waals surface area contributed by atoms with Crippen molar-refractivity contribution < 1.29 is 28.8 Å². The maximum absolute atomic E-state index is 13.4. The molecule has 3 aromatic rings. The molecule has 1 fully saturated rings. The van der Waals surface area contributed by atoms with Gasteiger partial charge in [-0.1, -0.05) is 12.1 Å². The number of amides is 4. The highest BCUT2D eigenvalue weighted by atomic mass is 16.6. The highest BCUT2D eigenvalue weighted by Crippen LogP contribution is 2.36. The van der Waals surface area contributed by atoms with E-state index in [0.29, 0.717) is 41.3 Å². The molecule has 4 amide bonds. The number of hydrogen-bond donors (Lipinski definition) is 1. The Hall–Kier alpha value is -5.25. The molecule has 3 aromatic carbocycles. The summed E-state index contributed by atoms with van der Waals surface area (Å²) in [5, 5.41) is 13.2. The predicted octanol–water partition coefficient (Wildman–Crippen LogP) is 5.58. The fourth-order valence-corrected chi connectivity index (χ4v) is 4.51. The second-order valence-electron chi connectivity index (χ2n) is 9.45. The number of benzene rings is 3. The molecule has 0 spiro atoms. The van der Waals surface area contributed by atoms with Crippen molar-refractivity contribution in [3.63, 3.8) is 0 Å². The van der Waals surface area contributed by atoms with Crippen LogP contribution in [0.5, 0.6) is 11.5 Å². The van der Waals surface area contributed by atoms with Gasteiger partial charge in [-0.05, 0) is 91.9 Å². The van der Waals surface area contributed by atoms with Crippen LogP contribution in [0.15, 0.2) is 72.8 Å². The van der Waals surface area contributed by atoms with Crippen molar-refractivity contribution in [2.24, 2.45) is 0 Å². The molecule has 0 aliphatic carbocycles. The third-order valence-corrected chi connectivity index (χ3v) is 6.23. The molecule has 1 N–H and O–H groups in total. The van der Waals surface area contributed by atoms with Crippen LogP contribution in [0, 0.1) is 24.0 Å². The number of carbonyl (C=O) groups excluding carboxylic acids is 3. The van der Waals surface area contributed by atoms with Crippen molar-refractivity contribution in [1.82, 2.24) is 5.32 Å². The van der Waals surface area contributed by atoms with E-state index in [0.717, 1.165) is 21.6 Å². The molecule has 10 nitrogen and oxygen atoms in total. The monoisotopic (exact) mass is 555 g/mol. The maximum atomic E-state index is 13.4. The van der Waals surface area contributed by atoms with E-state index in [1.54, 1.807) is 42.5 Å². The van der Waals surface area contributed by atoms with Gasteiger partial charge in [-0.25, -0.2) is 9.69 Å². The Bertz CT molecular complexity index is 1560. The molecule has 210 valence electrons. The number of ether oxygens (including phenoxy) is 2. The fraction of sp³-hybridized carbons (Fsp3) is 0.194. The first-order valence-corrected chi connectivity index (χ1v) is 12.9. The van der Waals surface area contributed by atoms with Gasteiger partial charge in [0.25, 0.3) is 17.5 Å². The molecule has 1 saturated heterocycles. The molecule has 1 heterocycles. The number of non-ortho nitro benzene ring substituents is 1. The zero-order chi connectivity index (χ0) is 29.7. The van der Waals surface area contributed by atoms with E-state index in [2.05, 4.69) is 11.9 Å². The number of nitrogens with zero attached hydrogens (tertiary/aromatic N) is 2. The van der Waals surface area contributed by atoms with Gasteiger partial charge >= 0.3 is 6.03 Å². The van der Waals surface area contributed by atoms with Crippen LogP contribution in [0.4, 0.5) is 16.2 Å². The summed E-state index contributed by atoms with van der Waals surface area (Å²) >= 11 is 0. The summed E-state index contributed by atoms with van der Waals surface area (Å²) in [6.45, 7) is 9.77. The van der Waals surface area contributed by atoms with Gasteiger partial charge in [-0.15, -0.1) is 6.58 Å². The Morgan fingerprint density at radius 1 is 1.00 bits per heavy atom. The maximum Gasteiger partial charge on any atom is 0.335 e. The Balaban J connectivity index is 1.70. The van der Waals surface area contributed by atoms with Crippen LogP contribution in [-0.2, 0) is 22.6 Å². The number of imide groups is 2. The first-order chi connectivity index (χ1) is 19.6. The summed E-state index contributed by atoms with van der Waals surface area (Å²) in [5.41, 5.74) is 3.75. The van der Waals surface area contributed by atoms with Crippen LogP contribution in [0.3, 0.4) is 0 Å². The zero-order valence-corrected chi connectivity index (χ0v) is 22.9. The minimum absolute atomic E-state index is 0.0208. The Morgan fingerprint density at radius 2 is 1.68 bits per heavy atom. The number of carbonyl (C=O) groups is 3. The van der Waals surface area contributed by atoms with Gasteiger partial charge < -0.3 is 9.47 Å². The van der Waals surface area contributed by atoms with E-state index in [9.17, 15) is 24.5 Å². The molecular formula is C31H29N3O7. The molecule has 0 unspecified atom stereocenters. The van der Waals surface area contributed by atoms with Crippen LogP contribution in [-0.4, -0.2) is 29.4 Å². The van der Waals surface area contributed by atoms with Crippen molar-refractivity contribution in [2.75, 3.05) is 11.5 Å². The highest BCUT2D eigenvalue weighted by Gasteiger charge is 2.37. The number of hydrogen-bond acceptors (Lipinski definition) is 7. The molecule has 0 atom stereocenters. The van der Waals surface area contributed by atoms with E-state index in [1.807, 2.05) is 26.8 Å². The number of allylic oxidation sites excluding steroid dienone is 1. The molecule has 10 heteroatoms. The van der Waals surface area contributed by atoms with E-state index < -0.39 is 22.8 Å². The number of rotatable bonds is 10. The summed E-state index contributed by atoms with van der Waals surface area (Å²) in [6.07, 6.45) is 3.48. The smallest absolute Gasteiger partial charge is 0.335 e. The number of anilines is 1. The van der Waals surface area contributed by atoms with Gasteiger partial charge in [0, 0.05) is 17.7 Å². The van der Waals surface area contributed by atoms with Crippen LogP contribution >= 0.6 is 0 Å². The van der Waals surface area contributed by atoms with Crippen molar-refractivity contribution in [3.05, 3.63) is 111 Å². The van der Waals surface area contributed by atoms with E-state index in [4.69, 9.17) is 9.47 Å². The van der Waals surface area contributed by atoms with Gasteiger partial charge in [0.1, 0.15) is 12.2 Å². The lowest BCUT2D eigenvalue weighted by Gasteiger charge is -2.27. The van der Waals surface area contributed by atoms with Crippen LogP contribution in [0.1, 0.15) is 34.7 Å². The van der Waals surface area contributed by atoms with Crippen molar-refractivity contribution in [2.45, 2.75) is 33.8 Å². The fourth-order valence-electron chi connectivity index (χ4n) is 4.51.